The maximum atomic E-state index is 10.3. The first-order valence-corrected chi connectivity index (χ1v) is 4.60. The Morgan fingerprint density at radius 3 is 2.92 bits per heavy atom. The van der Waals surface area contributed by atoms with Crippen molar-refractivity contribution in [1.82, 2.24) is 0 Å². The number of nitrogens with one attached hydrogen (secondary N) is 1. The Morgan fingerprint density at radius 1 is 1.62 bits per heavy atom. The third-order valence-electron chi connectivity index (χ3n) is 1.63. The van der Waals surface area contributed by atoms with E-state index < -0.39 is 5.97 Å². The largest absolute Gasteiger partial charge is 0.480 e. The van der Waals surface area contributed by atoms with Gasteiger partial charge >= 0.3 is 5.97 Å². The molecule has 1 aromatic carbocycles. The molecule has 13 heavy (non-hydrogen) atoms. The van der Waals surface area contributed by atoms with Crippen LogP contribution in [0.25, 0.3) is 0 Å². The summed E-state index contributed by atoms with van der Waals surface area (Å²) in [6.07, 6.45) is 0. The van der Waals surface area contributed by atoms with Crippen molar-refractivity contribution in [3.8, 4) is 0 Å². The van der Waals surface area contributed by atoms with Gasteiger partial charge in [-0.1, -0.05) is 22.0 Å². The molecule has 0 fully saturated rings. The second-order valence-electron chi connectivity index (χ2n) is 2.71. The van der Waals surface area contributed by atoms with Gasteiger partial charge in [-0.15, -0.1) is 0 Å². The molecule has 2 N–H and O–H groups in total. The zero-order valence-electron chi connectivity index (χ0n) is 7.17. The van der Waals surface area contributed by atoms with Crippen LogP contribution in [0.4, 0.5) is 5.69 Å². The maximum Gasteiger partial charge on any atom is 0.322 e. The number of hydrogen-bond donors (Lipinski definition) is 2. The molecule has 1 rings (SSSR count). The highest BCUT2D eigenvalue weighted by Crippen LogP contribution is 2.20. The van der Waals surface area contributed by atoms with Crippen molar-refractivity contribution in [1.29, 1.82) is 0 Å². The van der Waals surface area contributed by atoms with Gasteiger partial charge in [-0.2, -0.15) is 0 Å². The molecule has 0 radical (unpaired) electrons. The van der Waals surface area contributed by atoms with Crippen LogP contribution in [0.15, 0.2) is 22.7 Å². The molecule has 1 aromatic rings. The van der Waals surface area contributed by atoms with Crippen LogP contribution in [0.3, 0.4) is 0 Å². The van der Waals surface area contributed by atoms with Crippen LogP contribution in [0.2, 0.25) is 0 Å². The Bertz CT molecular complexity index is 325. The van der Waals surface area contributed by atoms with Crippen molar-refractivity contribution in [3.63, 3.8) is 0 Å². The molecule has 0 atom stereocenters. The van der Waals surface area contributed by atoms with Crippen molar-refractivity contribution >= 4 is 27.6 Å². The second-order valence-corrected chi connectivity index (χ2v) is 3.62. The van der Waals surface area contributed by atoms with E-state index in [0.29, 0.717) is 0 Å². The first kappa shape index (κ1) is 10.1. The monoisotopic (exact) mass is 243 g/mol. The zero-order valence-corrected chi connectivity index (χ0v) is 8.76. The van der Waals surface area contributed by atoms with E-state index in [9.17, 15) is 4.79 Å². The third kappa shape index (κ3) is 3.06. The smallest absolute Gasteiger partial charge is 0.322 e. The van der Waals surface area contributed by atoms with Gasteiger partial charge in [-0.05, 0) is 24.6 Å². The van der Waals surface area contributed by atoms with Gasteiger partial charge in [0.1, 0.15) is 6.54 Å². The quantitative estimate of drug-likeness (QED) is 0.857. The van der Waals surface area contributed by atoms with E-state index >= 15 is 0 Å². The van der Waals surface area contributed by atoms with Gasteiger partial charge in [0.25, 0.3) is 0 Å². The van der Waals surface area contributed by atoms with Crippen molar-refractivity contribution in [2.45, 2.75) is 6.92 Å². The van der Waals surface area contributed by atoms with Gasteiger partial charge in [0.2, 0.25) is 0 Å². The lowest BCUT2D eigenvalue weighted by atomic mass is 10.2. The number of aryl methyl sites for hydroxylation is 1. The minimum Gasteiger partial charge on any atom is -0.480 e. The summed E-state index contributed by atoms with van der Waals surface area (Å²) in [4.78, 5) is 10.3. The molecule has 4 heteroatoms. The summed E-state index contributed by atoms with van der Waals surface area (Å²) in [5.41, 5.74) is 1.88. The second kappa shape index (κ2) is 4.28. The highest BCUT2D eigenvalue weighted by Gasteiger charge is 2.00. The Balaban J connectivity index is 2.75. The minimum absolute atomic E-state index is 0.0582. The number of halogens is 1. The first-order valence-electron chi connectivity index (χ1n) is 3.81. The van der Waals surface area contributed by atoms with E-state index in [1.807, 2.05) is 25.1 Å². The Labute approximate surface area is 84.9 Å². The van der Waals surface area contributed by atoms with Crippen molar-refractivity contribution < 1.29 is 9.90 Å². The highest BCUT2D eigenvalue weighted by atomic mass is 79.9. The van der Waals surface area contributed by atoms with Crippen molar-refractivity contribution in [2.24, 2.45) is 0 Å². The zero-order chi connectivity index (χ0) is 9.84. The molecule has 0 bridgehead atoms. The standard InChI is InChI=1S/C9H10BrNO2/c1-6-2-3-7(10)4-8(6)11-5-9(12)13/h2-4,11H,5H2,1H3,(H,12,13). The molecule has 0 spiro atoms. The van der Waals surface area contributed by atoms with Gasteiger partial charge < -0.3 is 10.4 Å². The van der Waals surface area contributed by atoms with E-state index in [1.54, 1.807) is 0 Å². The average molecular weight is 244 g/mol. The highest BCUT2D eigenvalue weighted by molar-refractivity contribution is 9.10. The van der Waals surface area contributed by atoms with Crippen LogP contribution in [-0.2, 0) is 4.79 Å². The van der Waals surface area contributed by atoms with Crippen LogP contribution in [0.5, 0.6) is 0 Å². The molecule has 0 amide bonds. The lowest BCUT2D eigenvalue weighted by Crippen LogP contribution is -2.12. The maximum absolute atomic E-state index is 10.3. The summed E-state index contributed by atoms with van der Waals surface area (Å²) >= 11 is 3.32. The number of carboxylic acid groups (broad SMARTS) is 1. The lowest BCUT2D eigenvalue weighted by molar-refractivity contribution is -0.134. The molecule has 3 nitrogen and oxygen atoms in total. The minimum atomic E-state index is -0.862. The molecule has 0 unspecified atom stereocenters. The summed E-state index contributed by atoms with van der Waals surface area (Å²) in [6, 6.07) is 5.70. The fraction of sp³-hybridized carbons (Fsp3) is 0.222. The molecule has 0 heterocycles. The normalized spacial score (nSPS) is 9.69. The van der Waals surface area contributed by atoms with E-state index in [4.69, 9.17) is 5.11 Å². The van der Waals surface area contributed by atoms with Crippen molar-refractivity contribution in [2.75, 3.05) is 11.9 Å². The number of carboxylic acids is 1. The summed E-state index contributed by atoms with van der Waals surface area (Å²) in [5, 5.41) is 11.3. The molecular formula is C9H10BrNO2. The van der Waals surface area contributed by atoms with Crippen molar-refractivity contribution in [3.05, 3.63) is 28.2 Å². The number of anilines is 1. The Kier molecular flexibility index (Phi) is 3.31. The topological polar surface area (TPSA) is 49.3 Å². The average Bonchev–Trinajstić information content (AvgIpc) is 2.06. The summed E-state index contributed by atoms with van der Waals surface area (Å²) in [6.45, 7) is 1.87. The summed E-state index contributed by atoms with van der Waals surface area (Å²) in [5.74, 6) is -0.862. The molecule has 0 saturated carbocycles. The number of benzene rings is 1. The van der Waals surface area contributed by atoms with Crippen LogP contribution in [0, 0.1) is 6.92 Å². The molecule has 0 aliphatic carbocycles. The van der Waals surface area contributed by atoms with Gasteiger partial charge in [-0.25, -0.2) is 0 Å². The summed E-state index contributed by atoms with van der Waals surface area (Å²) < 4.78 is 0.936. The van der Waals surface area contributed by atoms with Crippen LogP contribution < -0.4 is 5.32 Å². The predicted octanol–water partition coefficient (Wildman–Crippen LogP) is 2.25. The lowest BCUT2D eigenvalue weighted by Gasteiger charge is -2.07. The van der Waals surface area contributed by atoms with Gasteiger partial charge in [0, 0.05) is 10.2 Å². The Hall–Kier alpha value is -1.03. The molecule has 0 aliphatic rings. The van der Waals surface area contributed by atoms with E-state index in [1.165, 1.54) is 0 Å². The summed E-state index contributed by atoms with van der Waals surface area (Å²) in [7, 11) is 0. The van der Waals surface area contributed by atoms with Crippen LogP contribution >= 0.6 is 15.9 Å². The molecule has 70 valence electrons. The fourth-order valence-electron chi connectivity index (χ4n) is 0.956. The molecule has 0 aliphatic heterocycles. The fourth-order valence-corrected chi connectivity index (χ4v) is 1.32. The van der Waals surface area contributed by atoms with Gasteiger partial charge in [0.15, 0.2) is 0 Å². The Morgan fingerprint density at radius 2 is 2.31 bits per heavy atom. The number of carbonyl (C=O) groups is 1. The van der Waals surface area contributed by atoms with E-state index in [0.717, 1.165) is 15.7 Å². The number of aliphatic carboxylic acids is 1. The van der Waals surface area contributed by atoms with E-state index in [-0.39, 0.29) is 6.54 Å². The van der Waals surface area contributed by atoms with Gasteiger partial charge in [-0.3, -0.25) is 4.79 Å². The number of hydrogen-bond acceptors (Lipinski definition) is 2. The van der Waals surface area contributed by atoms with Crippen LogP contribution in [0.1, 0.15) is 5.56 Å². The molecular weight excluding hydrogens is 234 g/mol. The molecule has 0 aromatic heterocycles. The SMILES string of the molecule is Cc1ccc(Br)cc1NCC(=O)O. The van der Waals surface area contributed by atoms with Crippen LogP contribution in [-0.4, -0.2) is 17.6 Å². The predicted molar refractivity (Wildman–Crippen MR) is 55.0 cm³/mol. The first-order chi connectivity index (χ1) is 6.09. The number of rotatable bonds is 3. The van der Waals surface area contributed by atoms with E-state index in [2.05, 4.69) is 21.2 Å². The molecule has 0 saturated heterocycles. The van der Waals surface area contributed by atoms with Gasteiger partial charge in [0.05, 0.1) is 0 Å². The third-order valence-corrected chi connectivity index (χ3v) is 2.12.